The van der Waals surface area contributed by atoms with Crippen molar-refractivity contribution in [3.8, 4) is 0 Å². The minimum atomic E-state index is -0.251. The van der Waals surface area contributed by atoms with Gasteiger partial charge < -0.3 is 0 Å². The molecule has 0 aliphatic rings. The Morgan fingerprint density at radius 2 is 2.23 bits per heavy atom. The molecule has 0 atom stereocenters. The van der Waals surface area contributed by atoms with E-state index in [-0.39, 0.29) is 5.82 Å². The zero-order valence-corrected chi connectivity index (χ0v) is 10.4. The van der Waals surface area contributed by atoms with E-state index in [1.165, 1.54) is 6.07 Å². The number of hydrogen-bond donors (Lipinski definition) is 0. The van der Waals surface area contributed by atoms with Gasteiger partial charge in [-0.05, 0) is 50.7 Å². The van der Waals surface area contributed by atoms with Crippen LogP contribution in [0.3, 0.4) is 0 Å². The number of nitrogens with zero attached hydrogens (tertiary/aromatic N) is 2. The van der Waals surface area contributed by atoms with Crippen LogP contribution in [0.25, 0.3) is 10.9 Å². The Kier molecular flexibility index (Phi) is 2.31. The smallest absolute Gasteiger partial charge is 0.138 e. The van der Waals surface area contributed by atoms with E-state index in [4.69, 9.17) is 0 Å². The Hall–Kier alpha value is -0.170. The molecule has 0 saturated heterocycles. The lowest BCUT2D eigenvalue weighted by Gasteiger charge is -1.96. The fraction of sp³-hybridized carbons (Fsp3) is 0.125. The highest BCUT2D eigenvalue weighted by atomic mass is 127. The molecule has 13 heavy (non-hydrogen) atoms. The highest BCUT2D eigenvalue weighted by Gasteiger charge is 2.09. The van der Waals surface area contributed by atoms with E-state index in [1.807, 2.05) is 7.05 Å². The predicted octanol–water partition coefficient (Wildman–Crippen LogP) is 3.08. The number of aryl methyl sites for hydroxylation is 1. The van der Waals surface area contributed by atoms with Crippen molar-refractivity contribution in [2.24, 2.45) is 7.05 Å². The maximum absolute atomic E-state index is 13.2. The van der Waals surface area contributed by atoms with Crippen molar-refractivity contribution < 1.29 is 4.39 Å². The minimum Gasteiger partial charge on any atom is -0.267 e. The van der Waals surface area contributed by atoms with Gasteiger partial charge in [-0.2, -0.15) is 5.10 Å². The summed E-state index contributed by atoms with van der Waals surface area (Å²) in [6, 6.07) is 3.23. The molecule has 2 rings (SSSR count). The first-order valence-corrected chi connectivity index (χ1v) is 5.44. The Morgan fingerprint density at radius 1 is 1.54 bits per heavy atom. The van der Waals surface area contributed by atoms with Gasteiger partial charge in [-0.1, -0.05) is 0 Å². The number of hydrogen-bond acceptors (Lipinski definition) is 1. The Balaban J connectivity index is 2.91. The molecule has 5 heteroatoms. The van der Waals surface area contributed by atoms with Crippen molar-refractivity contribution in [2.45, 2.75) is 0 Å². The van der Waals surface area contributed by atoms with Crippen molar-refractivity contribution in [3.05, 3.63) is 26.1 Å². The number of fused-ring (bicyclic) bond motifs is 1. The van der Waals surface area contributed by atoms with E-state index in [9.17, 15) is 4.39 Å². The van der Waals surface area contributed by atoms with Crippen molar-refractivity contribution in [2.75, 3.05) is 0 Å². The summed E-state index contributed by atoms with van der Waals surface area (Å²) in [6.07, 6.45) is 0. The lowest BCUT2D eigenvalue weighted by molar-refractivity contribution is 0.623. The molecule has 0 aliphatic heterocycles. The second-order valence-electron chi connectivity index (χ2n) is 2.70. The van der Waals surface area contributed by atoms with Crippen LogP contribution in [0.5, 0.6) is 0 Å². The van der Waals surface area contributed by atoms with Crippen LogP contribution in [0.2, 0.25) is 0 Å². The molecule has 0 N–H and O–H groups in total. The monoisotopic (exact) mass is 354 g/mol. The van der Waals surface area contributed by atoms with Crippen molar-refractivity contribution in [1.29, 1.82) is 0 Å². The molecule has 0 aliphatic carbocycles. The predicted molar refractivity (Wildman–Crippen MR) is 61.1 cm³/mol. The lowest BCUT2D eigenvalue weighted by atomic mass is 10.2. The summed E-state index contributed by atoms with van der Waals surface area (Å²) >= 11 is 5.23. The summed E-state index contributed by atoms with van der Waals surface area (Å²) in [7, 11) is 1.84. The maximum atomic E-state index is 13.2. The summed E-state index contributed by atoms with van der Waals surface area (Å²) in [5.41, 5.74) is 0.928. The molecule has 0 amide bonds. The van der Waals surface area contributed by atoms with Crippen LogP contribution in [-0.4, -0.2) is 9.78 Å². The van der Waals surface area contributed by atoms with Gasteiger partial charge >= 0.3 is 0 Å². The van der Waals surface area contributed by atoms with E-state index < -0.39 is 0 Å². The summed E-state index contributed by atoms with van der Waals surface area (Å²) in [6.45, 7) is 0. The van der Waals surface area contributed by atoms with Crippen LogP contribution in [0.4, 0.5) is 4.39 Å². The third kappa shape index (κ3) is 1.48. The number of rotatable bonds is 0. The van der Waals surface area contributed by atoms with E-state index in [1.54, 1.807) is 10.7 Å². The van der Waals surface area contributed by atoms with Crippen LogP contribution >= 0.6 is 38.5 Å². The van der Waals surface area contributed by atoms with E-state index in [2.05, 4.69) is 43.6 Å². The molecule has 0 unspecified atom stereocenters. The number of benzene rings is 1. The number of aromatic nitrogens is 2. The summed E-state index contributed by atoms with van der Waals surface area (Å²) in [5, 5.41) is 5.04. The molecular weight excluding hydrogens is 350 g/mol. The van der Waals surface area contributed by atoms with Crippen LogP contribution in [0, 0.1) is 9.52 Å². The van der Waals surface area contributed by atoms with Gasteiger partial charge in [-0.3, -0.25) is 4.68 Å². The SMILES string of the molecule is Cn1nc(I)c2cc(F)c(Br)cc21. The maximum Gasteiger partial charge on any atom is 0.138 e. The van der Waals surface area contributed by atoms with Gasteiger partial charge in [0.25, 0.3) is 0 Å². The average Bonchev–Trinajstić information content (AvgIpc) is 2.31. The topological polar surface area (TPSA) is 17.8 Å². The van der Waals surface area contributed by atoms with Crippen LogP contribution in [0.1, 0.15) is 0 Å². The highest BCUT2D eigenvalue weighted by Crippen LogP contribution is 2.25. The molecule has 2 aromatic rings. The number of halogens is 3. The van der Waals surface area contributed by atoms with Gasteiger partial charge in [-0.25, -0.2) is 4.39 Å². The summed E-state index contributed by atoms with van der Waals surface area (Å²) in [5.74, 6) is -0.251. The zero-order valence-electron chi connectivity index (χ0n) is 6.68. The van der Waals surface area contributed by atoms with Crippen LogP contribution in [-0.2, 0) is 7.05 Å². The molecule has 0 fully saturated rings. The average molecular weight is 355 g/mol. The quantitative estimate of drug-likeness (QED) is 0.665. The molecule has 1 heterocycles. The van der Waals surface area contributed by atoms with Gasteiger partial charge in [0.15, 0.2) is 0 Å². The van der Waals surface area contributed by atoms with Gasteiger partial charge in [0.05, 0.1) is 9.99 Å². The van der Waals surface area contributed by atoms with Crippen LogP contribution < -0.4 is 0 Å². The lowest BCUT2D eigenvalue weighted by Crippen LogP contribution is -1.89. The highest BCUT2D eigenvalue weighted by molar-refractivity contribution is 14.1. The molecule has 0 bridgehead atoms. The van der Waals surface area contributed by atoms with Gasteiger partial charge in [-0.15, -0.1) is 0 Å². The molecule has 0 saturated carbocycles. The van der Waals surface area contributed by atoms with Crippen molar-refractivity contribution >= 4 is 49.4 Å². The summed E-state index contributed by atoms with van der Waals surface area (Å²) in [4.78, 5) is 0. The summed E-state index contributed by atoms with van der Waals surface area (Å²) < 4.78 is 16.2. The van der Waals surface area contributed by atoms with Gasteiger partial charge in [0.1, 0.15) is 9.52 Å². The van der Waals surface area contributed by atoms with Crippen molar-refractivity contribution in [3.63, 3.8) is 0 Å². The zero-order chi connectivity index (χ0) is 9.59. The fourth-order valence-corrected chi connectivity index (χ4v) is 2.30. The first-order valence-electron chi connectivity index (χ1n) is 3.57. The molecule has 1 aromatic heterocycles. The van der Waals surface area contributed by atoms with E-state index in [0.29, 0.717) is 4.47 Å². The van der Waals surface area contributed by atoms with Gasteiger partial charge in [0, 0.05) is 12.4 Å². The normalized spacial score (nSPS) is 11.1. The van der Waals surface area contributed by atoms with E-state index in [0.717, 1.165) is 14.6 Å². The molecule has 2 nitrogen and oxygen atoms in total. The second kappa shape index (κ2) is 3.20. The first kappa shape index (κ1) is 9.39. The third-order valence-electron chi connectivity index (χ3n) is 1.85. The first-order chi connectivity index (χ1) is 6.09. The Bertz CT molecular complexity index is 438. The minimum absolute atomic E-state index is 0.251. The largest absolute Gasteiger partial charge is 0.267 e. The Morgan fingerprint density at radius 3 is 2.92 bits per heavy atom. The fourth-order valence-electron chi connectivity index (χ4n) is 1.21. The molecule has 0 radical (unpaired) electrons. The molecule has 0 spiro atoms. The molecular formula is C8H5BrFIN2. The van der Waals surface area contributed by atoms with Crippen molar-refractivity contribution in [1.82, 2.24) is 9.78 Å². The molecule has 1 aromatic carbocycles. The van der Waals surface area contributed by atoms with Gasteiger partial charge in [0.2, 0.25) is 0 Å². The standard InChI is InChI=1S/C8H5BrFIN2/c1-13-7-3-5(9)6(10)2-4(7)8(11)12-13/h2-3H,1H3. The van der Waals surface area contributed by atoms with E-state index >= 15 is 0 Å². The van der Waals surface area contributed by atoms with Crippen LogP contribution in [0.15, 0.2) is 16.6 Å². The Labute approximate surface area is 96.4 Å². The molecule has 68 valence electrons. The third-order valence-corrected chi connectivity index (χ3v) is 3.25. The second-order valence-corrected chi connectivity index (χ2v) is 4.57.